The predicted octanol–water partition coefficient (Wildman–Crippen LogP) is 3.73. The van der Waals surface area contributed by atoms with Gasteiger partial charge in [0.25, 0.3) is 5.91 Å². The van der Waals surface area contributed by atoms with Crippen molar-refractivity contribution in [1.29, 1.82) is 0 Å². The van der Waals surface area contributed by atoms with Crippen LogP contribution in [0, 0.1) is 13.8 Å². The first-order chi connectivity index (χ1) is 13.9. The van der Waals surface area contributed by atoms with Crippen molar-refractivity contribution >= 4 is 17.6 Å². The van der Waals surface area contributed by atoms with E-state index in [0.717, 1.165) is 22.6 Å². The van der Waals surface area contributed by atoms with E-state index in [1.54, 1.807) is 19.1 Å². The number of carbonyl (C=O) groups is 2. The first-order valence-electron chi connectivity index (χ1n) is 9.23. The number of aryl methyl sites for hydroxylation is 1. The minimum atomic E-state index is -1.01. The van der Waals surface area contributed by atoms with Gasteiger partial charge < -0.3 is 15.2 Å². The van der Waals surface area contributed by atoms with Crippen molar-refractivity contribution in [3.63, 3.8) is 0 Å². The number of benzene rings is 2. The SMILES string of the molecule is Cc1nn(-c2ccccc2)c(C)c1COC(C)C(=O)Nc1ccc(C(=O)O)cc1. The molecule has 1 amide bonds. The molecule has 2 aromatic carbocycles. The van der Waals surface area contributed by atoms with Gasteiger partial charge in [0, 0.05) is 16.9 Å². The maximum absolute atomic E-state index is 12.4. The van der Waals surface area contributed by atoms with E-state index in [2.05, 4.69) is 10.4 Å². The molecule has 1 unspecified atom stereocenters. The van der Waals surface area contributed by atoms with Crippen LogP contribution < -0.4 is 5.32 Å². The number of nitrogens with one attached hydrogen (secondary N) is 1. The number of hydrogen-bond acceptors (Lipinski definition) is 4. The van der Waals surface area contributed by atoms with Gasteiger partial charge in [-0.15, -0.1) is 0 Å². The number of para-hydroxylation sites is 1. The molecule has 0 aliphatic rings. The lowest BCUT2D eigenvalue weighted by Gasteiger charge is -2.14. The Morgan fingerprint density at radius 1 is 1.10 bits per heavy atom. The fraction of sp³-hybridized carbons (Fsp3) is 0.227. The maximum Gasteiger partial charge on any atom is 0.335 e. The van der Waals surface area contributed by atoms with E-state index in [9.17, 15) is 9.59 Å². The third kappa shape index (κ3) is 4.70. The lowest BCUT2D eigenvalue weighted by atomic mass is 10.2. The average Bonchev–Trinajstić information content (AvgIpc) is 3.00. The lowest BCUT2D eigenvalue weighted by molar-refractivity contribution is -0.127. The number of nitrogens with zero attached hydrogens (tertiary/aromatic N) is 2. The molecular formula is C22H23N3O4. The lowest BCUT2D eigenvalue weighted by Crippen LogP contribution is -2.27. The van der Waals surface area contributed by atoms with E-state index >= 15 is 0 Å². The van der Waals surface area contributed by atoms with Crippen LogP contribution >= 0.6 is 0 Å². The molecule has 150 valence electrons. The van der Waals surface area contributed by atoms with Gasteiger partial charge in [0.1, 0.15) is 6.10 Å². The fourth-order valence-corrected chi connectivity index (χ4v) is 2.93. The second-order valence-electron chi connectivity index (χ2n) is 6.72. The first kappa shape index (κ1) is 20.3. The Morgan fingerprint density at radius 2 is 1.76 bits per heavy atom. The second-order valence-corrected chi connectivity index (χ2v) is 6.72. The van der Waals surface area contributed by atoms with Crippen molar-refractivity contribution in [2.24, 2.45) is 0 Å². The van der Waals surface area contributed by atoms with Crippen molar-refractivity contribution < 1.29 is 19.4 Å². The fourth-order valence-electron chi connectivity index (χ4n) is 2.93. The van der Waals surface area contributed by atoms with E-state index in [-0.39, 0.29) is 18.1 Å². The van der Waals surface area contributed by atoms with Crippen LogP contribution in [0.5, 0.6) is 0 Å². The summed E-state index contributed by atoms with van der Waals surface area (Å²) in [6, 6.07) is 15.8. The minimum Gasteiger partial charge on any atom is -0.478 e. The molecule has 2 N–H and O–H groups in total. The standard InChI is InChI=1S/C22H23N3O4/c1-14-20(15(2)25(24-14)19-7-5-4-6-8-19)13-29-16(3)21(26)23-18-11-9-17(10-12-18)22(27)28/h4-12,16H,13H2,1-3H3,(H,23,26)(H,27,28). The summed E-state index contributed by atoms with van der Waals surface area (Å²) < 4.78 is 7.64. The van der Waals surface area contributed by atoms with E-state index < -0.39 is 12.1 Å². The molecule has 7 heteroatoms. The molecule has 0 aliphatic heterocycles. The number of aromatic carboxylic acids is 1. The van der Waals surface area contributed by atoms with Gasteiger partial charge in [-0.25, -0.2) is 9.48 Å². The van der Waals surface area contributed by atoms with Crippen molar-refractivity contribution in [3.05, 3.63) is 77.1 Å². The number of ether oxygens (including phenoxy) is 1. The summed E-state index contributed by atoms with van der Waals surface area (Å²) in [5.74, 6) is -1.32. The van der Waals surface area contributed by atoms with Crippen LogP contribution in [0.2, 0.25) is 0 Å². The molecule has 0 saturated carbocycles. The number of rotatable bonds is 7. The summed E-state index contributed by atoms with van der Waals surface area (Å²) in [6.07, 6.45) is -0.687. The molecule has 3 rings (SSSR count). The van der Waals surface area contributed by atoms with Crippen LogP contribution in [0.25, 0.3) is 5.69 Å². The Balaban J connectivity index is 1.63. The first-order valence-corrected chi connectivity index (χ1v) is 9.23. The Kier molecular flexibility index (Phi) is 6.09. The van der Waals surface area contributed by atoms with E-state index in [4.69, 9.17) is 9.84 Å². The van der Waals surface area contributed by atoms with E-state index in [1.807, 2.05) is 48.9 Å². The molecule has 0 bridgehead atoms. The van der Waals surface area contributed by atoms with Crippen molar-refractivity contribution in [3.8, 4) is 5.69 Å². The minimum absolute atomic E-state index is 0.161. The summed E-state index contributed by atoms with van der Waals surface area (Å²) in [6.45, 7) is 5.82. The van der Waals surface area contributed by atoms with Crippen LogP contribution in [0.3, 0.4) is 0 Å². The van der Waals surface area contributed by atoms with Crippen LogP contribution in [-0.4, -0.2) is 32.9 Å². The Labute approximate surface area is 168 Å². The molecule has 0 saturated heterocycles. The summed E-state index contributed by atoms with van der Waals surface area (Å²) in [5.41, 5.74) is 4.40. The van der Waals surface area contributed by atoms with Gasteiger partial charge in [0.2, 0.25) is 0 Å². The summed E-state index contributed by atoms with van der Waals surface area (Å²) >= 11 is 0. The zero-order valence-electron chi connectivity index (χ0n) is 16.5. The molecule has 0 fully saturated rings. The topological polar surface area (TPSA) is 93.5 Å². The molecule has 7 nitrogen and oxygen atoms in total. The normalized spacial score (nSPS) is 11.8. The molecule has 29 heavy (non-hydrogen) atoms. The van der Waals surface area contributed by atoms with Gasteiger partial charge in [-0.1, -0.05) is 18.2 Å². The monoisotopic (exact) mass is 393 g/mol. The number of carboxylic acid groups (broad SMARTS) is 1. The Bertz CT molecular complexity index is 1010. The maximum atomic E-state index is 12.4. The van der Waals surface area contributed by atoms with Crippen LogP contribution in [-0.2, 0) is 16.1 Å². The highest BCUT2D eigenvalue weighted by atomic mass is 16.5. The van der Waals surface area contributed by atoms with Crippen molar-refractivity contribution in [1.82, 2.24) is 9.78 Å². The van der Waals surface area contributed by atoms with Crippen LogP contribution in [0.4, 0.5) is 5.69 Å². The van der Waals surface area contributed by atoms with E-state index in [0.29, 0.717) is 5.69 Å². The number of carboxylic acids is 1. The van der Waals surface area contributed by atoms with Gasteiger partial charge in [-0.05, 0) is 57.2 Å². The Hall–Kier alpha value is -3.45. The van der Waals surface area contributed by atoms with Crippen LogP contribution in [0.1, 0.15) is 34.2 Å². The number of carbonyl (C=O) groups excluding carboxylic acids is 1. The molecule has 1 heterocycles. The molecule has 1 aromatic heterocycles. The van der Waals surface area contributed by atoms with Crippen molar-refractivity contribution in [2.75, 3.05) is 5.32 Å². The summed E-state index contributed by atoms with van der Waals surface area (Å²) in [4.78, 5) is 23.3. The number of amides is 1. The molecule has 0 radical (unpaired) electrons. The summed E-state index contributed by atoms with van der Waals surface area (Å²) in [7, 11) is 0. The highest BCUT2D eigenvalue weighted by molar-refractivity contribution is 5.94. The molecule has 1 atom stereocenters. The second kappa shape index (κ2) is 8.70. The van der Waals surface area contributed by atoms with Crippen LogP contribution in [0.15, 0.2) is 54.6 Å². The van der Waals surface area contributed by atoms with Gasteiger partial charge >= 0.3 is 5.97 Å². The van der Waals surface area contributed by atoms with Gasteiger partial charge in [0.05, 0.1) is 23.6 Å². The van der Waals surface area contributed by atoms with E-state index in [1.165, 1.54) is 12.1 Å². The largest absolute Gasteiger partial charge is 0.478 e. The third-order valence-electron chi connectivity index (χ3n) is 4.69. The molecular weight excluding hydrogens is 370 g/mol. The molecule has 3 aromatic rings. The quantitative estimate of drug-likeness (QED) is 0.638. The molecule has 0 spiro atoms. The number of aromatic nitrogens is 2. The molecule has 0 aliphatic carbocycles. The summed E-state index contributed by atoms with van der Waals surface area (Å²) in [5, 5.41) is 16.2. The van der Waals surface area contributed by atoms with Gasteiger partial charge in [-0.3, -0.25) is 4.79 Å². The van der Waals surface area contributed by atoms with Gasteiger partial charge in [0.15, 0.2) is 0 Å². The highest BCUT2D eigenvalue weighted by Gasteiger charge is 2.18. The average molecular weight is 393 g/mol. The predicted molar refractivity (Wildman–Crippen MR) is 109 cm³/mol. The smallest absolute Gasteiger partial charge is 0.335 e. The zero-order valence-corrected chi connectivity index (χ0v) is 16.5. The zero-order chi connectivity index (χ0) is 21.0. The third-order valence-corrected chi connectivity index (χ3v) is 4.69. The van der Waals surface area contributed by atoms with Gasteiger partial charge in [-0.2, -0.15) is 5.10 Å². The Morgan fingerprint density at radius 3 is 2.38 bits per heavy atom. The van der Waals surface area contributed by atoms with Crippen molar-refractivity contribution in [2.45, 2.75) is 33.5 Å². The number of hydrogen-bond donors (Lipinski definition) is 2. The number of anilines is 1. The highest BCUT2D eigenvalue weighted by Crippen LogP contribution is 2.19.